The first kappa shape index (κ1) is 12.6. The van der Waals surface area contributed by atoms with Crippen LogP contribution in [0.2, 0.25) is 0 Å². The van der Waals surface area contributed by atoms with Gasteiger partial charge in [-0.05, 0) is 25.8 Å². The molecule has 5 heteroatoms. The van der Waals surface area contributed by atoms with E-state index in [0.29, 0.717) is 19.4 Å². The predicted molar refractivity (Wildman–Crippen MR) is 58.3 cm³/mol. The Balaban J connectivity index is 3.00. The summed E-state index contributed by atoms with van der Waals surface area (Å²) >= 11 is 0. The van der Waals surface area contributed by atoms with Crippen LogP contribution in [0, 0.1) is 5.82 Å². The maximum atomic E-state index is 13.7. The van der Waals surface area contributed by atoms with Gasteiger partial charge in [-0.15, -0.1) is 0 Å². The highest BCUT2D eigenvalue weighted by atomic mass is 19.1. The van der Waals surface area contributed by atoms with Gasteiger partial charge in [0.05, 0.1) is 7.11 Å². The average molecular weight is 229 g/mol. The number of rotatable bonds is 5. The second kappa shape index (κ2) is 5.55. The summed E-state index contributed by atoms with van der Waals surface area (Å²) in [6.07, 6.45) is 1.70. The zero-order valence-corrected chi connectivity index (χ0v) is 9.16. The number of phenols is 2. The summed E-state index contributed by atoms with van der Waals surface area (Å²) in [4.78, 5) is 0. The quantitative estimate of drug-likeness (QED) is 0.528. The number of methoxy groups -OCH3 is 1. The van der Waals surface area contributed by atoms with Gasteiger partial charge in [0.15, 0.2) is 23.1 Å². The fourth-order valence-corrected chi connectivity index (χ4v) is 1.49. The Labute approximate surface area is 93.5 Å². The van der Waals surface area contributed by atoms with Gasteiger partial charge in [0.25, 0.3) is 0 Å². The molecule has 0 saturated heterocycles. The molecule has 90 valence electrons. The Kier molecular flexibility index (Phi) is 4.37. The van der Waals surface area contributed by atoms with Crippen LogP contribution in [0.15, 0.2) is 6.07 Å². The van der Waals surface area contributed by atoms with Gasteiger partial charge < -0.3 is 20.7 Å². The Morgan fingerprint density at radius 1 is 1.38 bits per heavy atom. The molecule has 4 nitrogen and oxygen atoms in total. The van der Waals surface area contributed by atoms with E-state index in [-0.39, 0.29) is 17.1 Å². The largest absolute Gasteiger partial charge is 0.504 e. The summed E-state index contributed by atoms with van der Waals surface area (Å²) in [5.74, 6) is -1.50. The van der Waals surface area contributed by atoms with E-state index in [2.05, 4.69) is 0 Å². The number of benzene rings is 1. The summed E-state index contributed by atoms with van der Waals surface area (Å²) in [7, 11) is 1.30. The van der Waals surface area contributed by atoms with Crippen LogP contribution in [-0.2, 0) is 6.42 Å². The maximum absolute atomic E-state index is 13.7. The highest BCUT2D eigenvalue weighted by Gasteiger charge is 2.17. The first-order valence-corrected chi connectivity index (χ1v) is 5.09. The minimum atomic E-state index is -0.630. The minimum Gasteiger partial charge on any atom is -0.504 e. The van der Waals surface area contributed by atoms with Gasteiger partial charge >= 0.3 is 0 Å². The molecule has 0 heterocycles. The molecule has 1 aromatic rings. The Hall–Kier alpha value is -1.49. The molecule has 0 aliphatic rings. The van der Waals surface area contributed by atoms with E-state index >= 15 is 0 Å². The fraction of sp³-hybridized carbons (Fsp3) is 0.455. The van der Waals surface area contributed by atoms with Gasteiger partial charge in [-0.2, -0.15) is 0 Å². The average Bonchev–Trinajstić information content (AvgIpc) is 2.28. The second-order valence-electron chi connectivity index (χ2n) is 3.48. The van der Waals surface area contributed by atoms with Crippen molar-refractivity contribution in [3.8, 4) is 17.2 Å². The lowest BCUT2D eigenvalue weighted by molar-refractivity contribution is 0.358. The van der Waals surface area contributed by atoms with Crippen molar-refractivity contribution in [3.63, 3.8) is 0 Å². The summed E-state index contributed by atoms with van der Waals surface area (Å²) in [6.45, 7) is 0.512. The number of aromatic hydroxyl groups is 2. The number of phenolic OH excluding ortho intramolecular Hbond substituents is 2. The summed E-state index contributed by atoms with van der Waals surface area (Å²) in [5.41, 5.74) is 5.40. The number of ether oxygens (including phenoxy) is 1. The highest BCUT2D eigenvalue weighted by molar-refractivity contribution is 5.51. The standard InChI is InChI=1S/C11H16FNO3/c1-16-9-6-8(14)11(15)7(10(9)12)4-2-3-5-13/h6,14-15H,2-5,13H2,1H3. The zero-order chi connectivity index (χ0) is 12.1. The van der Waals surface area contributed by atoms with Gasteiger partial charge in [0.1, 0.15) is 0 Å². The lowest BCUT2D eigenvalue weighted by atomic mass is 10.1. The Bertz CT molecular complexity index is 369. The topological polar surface area (TPSA) is 75.7 Å². The van der Waals surface area contributed by atoms with Crippen LogP contribution in [0.4, 0.5) is 4.39 Å². The lowest BCUT2D eigenvalue weighted by Crippen LogP contribution is -2.01. The second-order valence-corrected chi connectivity index (χ2v) is 3.48. The van der Waals surface area contributed by atoms with Crippen molar-refractivity contribution in [1.82, 2.24) is 0 Å². The normalized spacial score (nSPS) is 10.4. The first-order valence-electron chi connectivity index (χ1n) is 5.09. The molecule has 0 unspecified atom stereocenters. The minimum absolute atomic E-state index is 0.0713. The summed E-state index contributed by atoms with van der Waals surface area (Å²) in [6, 6.07) is 1.05. The van der Waals surface area contributed by atoms with Gasteiger partial charge in [-0.3, -0.25) is 0 Å². The molecule has 0 saturated carbocycles. The maximum Gasteiger partial charge on any atom is 0.172 e. The van der Waals surface area contributed by atoms with E-state index in [1.54, 1.807) is 0 Å². The molecule has 1 aromatic carbocycles. The van der Waals surface area contributed by atoms with E-state index in [9.17, 15) is 14.6 Å². The molecular weight excluding hydrogens is 213 g/mol. The molecule has 0 aliphatic carbocycles. The molecule has 0 radical (unpaired) electrons. The van der Waals surface area contributed by atoms with Crippen molar-refractivity contribution < 1.29 is 19.3 Å². The lowest BCUT2D eigenvalue weighted by Gasteiger charge is -2.11. The van der Waals surface area contributed by atoms with Crippen LogP contribution in [-0.4, -0.2) is 23.9 Å². The third-order valence-electron chi connectivity index (χ3n) is 2.38. The number of unbranched alkanes of at least 4 members (excludes halogenated alkanes) is 1. The van der Waals surface area contributed by atoms with Gasteiger partial charge in [-0.1, -0.05) is 0 Å². The number of nitrogens with two attached hydrogens (primary N) is 1. The molecule has 0 bridgehead atoms. The summed E-state index contributed by atoms with van der Waals surface area (Å²) in [5, 5.41) is 18.9. The number of halogens is 1. The smallest absolute Gasteiger partial charge is 0.172 e. The van der Waals surface area contributed by atoms with Crippen molar-refractivity contribution >= 4 is 0 Å². The molecule has 0 aromatic heterocycles. The van der Waals surface area contributed by atoms with Crippen LogP contribution >= 0.6 is 0 Å². The van der Waals surface area contributed by atoms with Gasteiger partial charge in [0.2, 0.25) is 0 Å². The molecule has 0 amide bonds. The summed E-state index contributed by atoms with van der Waals surface area (Å²) < 4.78 is 18.5. The van der Waals surface area contributed by atoms with E-state index < -0.39 is 11.6 Å². The van der Waals surface area contributed by atoms with Crippen molar-refractivity contribution in [1.29, 1.82) is 0 Å². The zero-order valence-electron chi connectivity index (χ0n) is 9.16. The molecule has 0 spiro atoms. The van der Waals surface area contributed by atoms with Crippen LogP contribution < -0.4 is 10.5 Å². The third-order valence-corrected chi connectivity index (χ3v) is 2.38. The van der Waals surface area contributed by atoms with Crippen LogP contribution in [0.5, 0.6) is 17.2 Å². The first-order chi connectivity index (χ1) is 7.61. The van der Waals surface area contributed by atoms with Crippen LogP contribution in [0.3, 0.4) is 0 Å². The van der Waals surface area contributed by atoms with E-state index in [1.807, 2.05) is 0 Å². The van der Waals surface area contributed by atoms with Crippen molar-refractivity contribution in [2.45, 2.75) is 19.3 Å². The highest BCUT2D eigenvalue weighted by Crippen LogP contribution is 2.37. The molecule has 4 N–H and O–H groups in total. The Morgan fingerprint density at radius 3 is 2.62 bits per heavy atom. The van der Waals surface area contributed by atoms with Gasteiger partial charge in [0, 0.05) is 11.6 Å². The third kappa shape index (κ3) is 2.55. The molecule has 1 rings (SSSR count). The van der Waals surface area contributed by atoms with E-state index in [1.165, 1.54) is 7.11 Å². The molecular formula is C11H16FNO3. The van der Waals surface area contributed by atoms with E-state index in [0.717, 1.165) is 12.5 Å². The van der Waals surface area contributed by atoms with Crippen LogP contribution in [0.25, 0.3) is 0 Å². The fourth-order valence-electron chi connectivity index (χ4n) is 1.49. The molecule has 16 heavy (non-hydrogen) atoms. The van der Waals surface area contributed by atoms with Crippen molar-refractivity contribution in [2.24, 2.45) is 5.73 Å². The predicted octanol–water partition coefficient (Wildman–Crippen LogP) is 1.53. The molecule has 0 fully saturated rings. The number of hydrogen-bond acceptors (Lipinski definition) is 4. The van der Waals surface area contributed by atoms with Crippen LogP contribution in [0.1, 0.15) is 18.4 Å². The van der Waals surface area contributed by atoms with Crippen molar-refractivity contribution in [2.75, 3.05) is 13.7 Å². The number of hydrogen-bond donors (Lipinski definition) is 3. The SMILES string of the molecule is COc1cc(O)c(O)c(CCCCN)c1F. The van der Waals surface area contributed by atoms with Gasteiger partial charge in [-0.25, -0.2) is 4.39 Å². The Morgan fingerprint density at radius 2 is 2.06 bits per heavy atom. The molecule has 0 aliphatic heterocycles. The van der Waals surface area contributed by atoms with Crippen molar-refractivity contribution in [3.05, 3.63) is 17.4 Å². The monoisotopic (exact) mass is 229 g/mol. The molecule has 0 atom stereocenters. The van der Waals surface area contributed by atoms with E-state index in [4.69, 9.17) is 10.5 Å².